The summed E-state index contributed by atoms with van der Waals surface area (Å²) < 4.78 is 0. The molecule has 4 N–H and O–H groups in total. The summed E-state index contributed by atoms with van der Waals surface area (Å²) in [6, 6.07) is 7.50. The number of nitrogen functional groups attached to an aromatic ring is 1. The molecular formula is C12H19N3O. The Bertz CT molecular complexity index is 352. The number of benzene rings is 1. The van der Waals surface area contributed by atoms with Gasteiger partial charge in [0.1, 0.15) is 0 Å². The van der Waals surface area contributed by atoms with E-state index in [-0.39, 0.29) is 12.5 Å². The van der Waals surface area contributed by atoms with E-state index in [2.05, 4.69) is 6.92 Å². The van der Waals surface area contributed by atoms with Gasteiger partial charge in [-0.05, 0) is 24.6 Å². The molecular weight excluding hydrogens is 202 g/mol. The van der Waals surface area contributed by atoms with E-state index in [9.17, 15) is 4.79 Å². The molecule has 0 aliphatic carbocycles. The Hall–Kier alpha value is -1.71. The van der Waals surface area contributed by atoms with Gasteiger partial charge in [-0.25, -0.2) is 0 Å². The lowest BCUT2D eigenvalue weighted by Gasteiger charge is -2.23. The molecule has 0 atom stereocenters. The SMILES string of the molecule is CCCCN(CC(N)=O)c1cccc(N)c1. The first-order valence-electron chi connectivity index (χ1n) is 5.52. The molecule has 1 aromatic rings. The number of rotatable bonds is 6. The number of amides is 1. The smallest absolute Gasteiger partial charge is 0.236 e. The van der Waals surface area contributed by atoms with Gasteiger partial charge in [-0.3, -0.25) is 4.79 Å². The number of nitrogens with zero attached hydrogens (tertiary/aromatic N) is 1. The Morgan fingerprint density at radius 1 is 1.44 bits per heavy atom. The second kappa shape index (κ2) is 6.00. The van der Waals surface area contributed by atoms with Crippen molar-refractivity contribution in [2.24, 2.45) is 5.73 Å². The number of primary amides is 1. The Morgan fingerprint density at radius 2 is 2.19 bits per heavy atom. The fourth-order valence-corrected chi connectivity index (χ4v) is 1.56. The molecule has 0 radical (unpaired) electrons. The Morgan fingerprint density at radius 3 is 2.75 bits per heavy atom. The van der Waals surface area contributed by atoms with Crippen LogP contribution in [0.2, 0.25) is 0 Å². The molecule has 0 heterocycles. The van der Waals surface area contributed by atoms with Gasteiger partial charge in [-0.2, -0.15) is 0 Å². The minimum Gasteiger partial charge on any atom is -0.399 e. The van der Waals surface area contributed by atoms with Crippen molar-refractivity contribution in [1.82, 2.24) is 0 Å². The van der Waals surface area contributed by atoms with E-state index in [0.29, 0.717) is 5.69 Å². The summed E-state index contributed by atoms with van der Waals surface area (Å²) >= 11 is 0. The van der Waals surface area contributed by atoms with Crippen molar-refractivity contribution in [2.45, 2.75) is 19.8 Å². The molecule has 1 aromatic carbocycles. The fraction of sp³-hybridized carbons (Fsp3) is 0.417. The number of hydrogen-bond donors (Lipinski definition) is 2. The number of nitrogens with two attached hydrogens (primary N) is 2. The normalized spacial score (nSPS) is 10.1. The molecule has 16 heavy (non-hydrogen) atoms. The molecule has 4 nitrogen and oxygen atoms in total. The van der Waals surface area contributed by atoms with Crippen LogP contribution in [0.1, 0.15) is 19.8 Å². The highest BCUT2D eigenvalue weighted by Gasteiger charge is 2.08. The van der Waals surface area contributed by atoms with E-state index in [4.69, 9.17) is 11.5 Å². The molecule has 0 bridgehead atoms. The number of hydrogen-bond acceptors (Lipinski definition) is 3. The lowest BCUT2D eigenvalue weighted by atomic mass is 10.2. The van der Waals surface area contributed by atoms with E-state index in [1.165, 1.54) is 0 Å². The Labute approximate surface area is 96.2 Å². The number of anilines is 2. The molecule has 0 aromatic heterocycles. The summed E-state index contributed by atoms with van der Waals surface area (Å²) in [7, 11) is 0. The average molecular weight is 221 g/mol. The number of carbonyl (C=O) groups excluding carboxylic acids is 1. The summed E-state index contributed by atoms with van der Waals surface area (Å²) in [5.74, 6) is -0.321. The Kier molecular flexibility index (Phi) is 4.64. The van der Waals surface area contributed by atoms with Crippen molar-refractivity contribution < 1.29 is 4.79 Å². The monoisotopic (exact) mass is 221 g/mol. The van der Waals surface area contributed by atoms with Crippen molar-refractivity contribution >= 4 is 17.3 Å². The van der Waals surface area contributed by atoms with E-state index < -0.39 is 0 Å². The lowest BCUT2D eigenvalue weighted by Crippen LogP contribution is -2.34. The predicted octanol–water partition coefficient (Wildman–Crippen LogP) is 1.36. The summed E-state index contributed by atoms with van der Waals surface area (Å²) in [5, 5.41) is 0. The standard InChI is InChI=1S/C12H19N3O/c1-2-3-7-15(9-12(14)16)11-6-4-5-10(13)8-11/h4-6,8H,2-3,7,9,13H2,1H3,(H2,14,16). The van der Waals surface area contributed by atoms with Crippen LogP contribution >= 0.6 is 0 Å². The second-order valence-electron chi connectivity index (χ2n) is 3.84. The summed E-state index contributed by atoms with van der Waals surface area (Å²) in [4.78, 5) is 12.9. The topological polar surface area (TPSA) is 72.3 Å². The van der Waals surface area contributed by atoms with Gasteiger partial charge >= 0.3 is 0 Å². The van der Waals surface area contributed by atoms with Crippen LogP contribution in [0.15, 0.2) is 24.3 Å². The van der Waals surface area contributed by atoms with Crippen molar-refractivity contribution in [3.63, 3.8) is 0 Å². The third kappa shape index (κ3) is 3.81. The quantitative estimate of drug-likeness (QED) is 0.712. The van der Waals surface area contributed by atoms with Gasteiger partial charge in [-0.15, -0.1) is 0 Å². The Balaban J connectivity index is 2.78. The van der Waals surface area contributed by atoms with Crippen LogP contribution in [0, 0.1) is 0 Å². The number of carbonyl (C=O) groups is 1. The molecule has 0 fully saturated rings. The molecule has 0 aliphatic heterocycles. The van der Waals surface area contributed by atoms with Gasteiger partial charge in [0.05, 0.1) is 6.54 Å². The molecule has 0 saturated heterocycles. The molecule has 1 rings (SSSR count). The minimum atomic E-state index is -0.321. The van der Waals surface area contributed by atoms with Gasteiger partial charge in [0.25, 0.3) is 0 Å². The zero-order chi connectivity index (χ0) is 12.0. The molecule has 1 amide bonds. The highest BCUT2D eigenvalue weighted by molar-refractivity contribution is 5.79. The van der Waals surface area contributed by atoms with Gasteiger partial charge in [0.15, 0.2) is 0 Å². The average Bonchev–Trinajstić information content (AvgIpc) is 2.23. The van der Waals surface area contributed by atoms with Crippen molar-refractivity contribution in [2.75, 3.05) is 23.7 Å². The first-order chi connectivity index (χ1) is 7.63. The zero-order valence-electron chi connectivity index (χ0n) is 9.65. The van der Waals surface area contributed by atoms with E-state index in [1.807, 2.05) is 29.2 Å². The van der Waals surface area contributed by atoms with Gasteiger partial charge in [0, 0.05) is 17.9 Å². The molecule has 0 aliphatic rings. The highest BCUT2D eigenvalue weighted by atomic mass is 16.1. The van der Waals surface area contributed by atoms with Crippen molar-refractivity contribution in [3.05, 3.63) is 24.3 Å². The maximum absolute atomic E-state index is 11.0. The van der Waals surface area contributed by atoms with Gasteiger partial charge in [-0.1, -0.05) is 19.4 Å². The van der Waals surface area contributed by atoms with Gasteiger partial charge in [0.2, 0.25) is 5.91 Å². The third-order valence-electron chi connectivity index (χ3n) is 2.36. The molecule has 0 saturated carbocycles. The highest BCUT2D eigenvalue weighted by Crippen LogP contribution is 2.17. The molecule has 0 spiro atoms. The van der Waals surface area contributed by atoms with E-state index in [0.717, 1.165) is 25.1 Å². The van der Waals surface area contributed by atoms with Crippen LogP contribution in [-0.4, -0.2) is 19.0 Å². The van der Waals surface area contributed by atoms with Crippen LogP contribution in [0.3, 0.4) is 0 Å². The summed E-state index contributed by atoms with van der Waals surface area (Å²) in [5.41, 5.74) is 12.6. The van der Waals surface area contributed by atoms with Crippen LogP contribution in [-0.2, 0) is 4.79 Å². The van der Waals surface area contributed by atoms with Crippen LogP contribution in [0.4, 0.5) is 11.4 Å². The van der Waals surface area contributed by atoms with Crippen molar-refractivity contribution in [1.29, 1.82) is 0 Å². The third-order valence-corrected chi connectivity index (χ3v) is 2.36. The lowest BCUT2D eigenvalue weighted by molar-refractivity contribution is -0.116. The zero-order valence-corrected chi connectivity index (χ0v) is 9.65. The largest absolute Gasteiger partial charge is 0.399 e. The van der Waals surface area contributed by atoms with E-state index in [1.54, 1.807) is 0 Å². The summed E-state index contributed by atoms with van der Waals surface area (Å²) in [6.07, 6.45) is 2.11. The maximum Gasteiger partial charge on any atom is 0.236 e. The fourth-order valence-electron chi connectivity index (χ4n) is 1.56. The first-order valence-corrected chi connectivity index (χ1v) is 5.52. The minimum absolute atomic E-state index is 0.240. The maximum atomic E-state index is 11.0. The predicted molar refractivity (Wildman–Crippen MR) is 67.2 cm³/mol. The van der Waals surface area contributed by atoms with Gasteiger partial charge < -0.3 is 16.4 Å². The van der Waals surface area contributed by atoms with Crippen LogP contribution in [0.25, 0.3) is 0 Å². The van der Waals surface area contributed by atoms with E-state index >= 15 is 0 Å². The molecule has 88 valence electrons. The summed E-state index contributed by atoms with van der Waals surface area (Å²) in [6.45, 7) is 3.17. The van der Waals surface area contributed by atoms with Crippen LogP contribution in [0.5, 0.6) is 0 Å². The van der Waals surface area contributed by atoms with Crippen molar-refractivity contribution in [3.8, 4) is 0 Å². The molecule has 0 unspecified atom stereocenters. The first kappa shape index (κ1) is 12.4. The second-order valence-corrected chi connectivity index (χ2v) is 3.84. The number of unbranched alkanes of at least 4 members (excludes halogenated alkanes) is 1. The molecule has 4 heteroatoms. The van der Waals surface area contributed by atoms with Crippen LogP contribution < -0.4 is 16.4 Å².